The molecule has 0 atom stereocenters. The van der Waals surface area contributed by atoms with Gasteiger partial charge >= 0.3 is 0 Å². The number of thioether (sulfide) groups is 1. The lowest BCUT2D eigenvalue weighted by Crippen LogP contribution is -2.24. The molecule has 0 aliphatic carbocycles. The molecular weight excluding hydrogens is 234 g/mol. The molecule has 15 heavy (non-hydrogen) atoms. The van der Waals surface area contributed by atoms with Crippen LogP contribution in [0.2, 0.25) is 0 Å². The molecule has 0 heterocycles. The highest BCUT2D eigenvalue weighted by Crippen LogP contribution is 2.00. The van der Waals surface area contributed by atoms with Gasteiger partial charge in [-0.2, -0.15) is 11.8 Å². The summed E-state index contributed by atoms with van der Waals surface area (Å²) in [5.74, 6) is 2.34. The number of hydrogen-bond donors (Lipinski definition) is 1. The second-order valence-corrected chi connectivity index (χ2v) is 6.82. The van der Waals surface area contributed by atoms with E-state index in [2.05, 4.69) is 5.32 Å². The van der Waals surface area contributed by atoms with Crippen molar-refractivity contribution in [3.63, 3.8) is 0 Å². The van der Waals surface area contributed by atoms with Gasteiger partial charge in [0.1, 0.15) is 9.84 Å². The van der Waals surface area contributed by atoms with Gasteiger partial charge in [0.15, 0.2) is 0 Å². The third-order valence-corrected chi connectivity index (χ3v) is 3.73. The van der Waals surface area contributed by atoms with Gasteiger partial charge in [-0.25, -0.2) is 8.42 Å². The zero-order valence-corrected chi connectivity index (χ0v) is 11.1. The normalized spacial score (nSPS) is 11.9. The molecule has 0 fully saturated rings. The van der Waals surface area contributed by atoms with Gasteiger partial charge in [-0.3, -0.25) is 0 Å². The first-order chi connectivity index (χ1) is 7.06. The van der Waals surface area contributed by atoms with Crippen LogP contribution in [0.3, 0.4) is 0 Å². The average Bonchev–Trinajstić information content (AvgIpc) is 2.14. The van der Waals surface area contributed by atoms with Gasteiger partial charge in [-0.1, -0.05) is 0 Å². The smallest absolute Gasteiger partial charge is 0.148 e. The summed E-state index contributed by atoms with van der Waals surface area (Å²) < 4.78 is 26.5. The first kappa shape index (κ1) is 15.2. The Kier molecular flexibility index (Phi) is 9.58. The maximum absolute atomic E-state index is 10.8. The van der Waals surface area contributed by atoms with Gasteiger partial charge in [-0.05, 0) is 12.2 Å². The number of nitrogens with one attached hydrogen (secondary N) is 1. The van der Waals surface area contributed by atoms with E-state index >= 15 is 0 Å². The fourth-order valence-electron chi connectivity index (χ4n) is 0.934. The first-order valence-corrected chi connectivity index (χ1v) is 8.23. The summed E-state index contributed by atoms with van der Waals surface area (Å²) in [4.78, 5) is 0. The monoisotopic (exact) mass is 255 g/mol. The maximum atomic E-state index is 10.8. The number of sulfone groups is 1. The van der Waals surface area contributed by atoms with Crippen LogP contribution < -0.4 is 5.32 Å². The molecule has 0 rings (SSSR count). The Morgan fingerprint density at radius 1 is 1.27 bits per heavy atom. The lowest BCUT2D eigenvalue weighted by Gasteiger charge is -2.03. The third-order valence-electron chi connectivity index (χ3n) is 1.71. The van der Waals surface area contributed by atoms with Crippen LogP contribution in [0.25, 0.3) is 0 Å². The van der Waals surface area contributed by atoms with Gasteiger partial charge in [0.2, 0.25) is 0 Å². The molecule has 0 spiro atoms. The van der Waals surface area contributed by atoms with Crippen LogP contribution in [0.4, 0.5) is 0 Å². The van der Waals surface area contributed by atoms with Crippen LogP contribution in [-0.2, 0) is 14.6 Å². The number of rotatable bonds is 10. The molecule has 92 valence electrons. The number of ether oxygens (including phenoxy) is 1. The zero-order valence-electron chi connectivity index (χ0n) is 9.49. The Morgan fingerprint density at radius 2 is 2.00 bits per heavy atom. The summed E-state index contributed by atoms with van der Waals surface area (Å²) in [5.41, 5.74) is 0. The quantitative estimate of drug-likeness (QED) is 0.572. The van der Waals surface area contributed by atoms with Gasteiger partial charge in [0.25, 0.3) is 0 Å². The minimum atomic E-state index is -2.81. The minimum absolute atomic E-state index is 0.224. The number of methoxy groups -OCH3 is 1. The first-order valence-electron chi connectivity index (χ1n) is 5.01. The van der Waals surface area contributed by atoms with E-state index in [1.165, 1.54) is 6.26 Å². The summed E-state index contributed by atoms with van der Waals surface area (Å²) in [6.45, 7) is 2.24. The second kappa shape index (κ2) is 9.45. The van der Waals surface area contributed by atoms with Crippen LogP contribution in [-0.4, -0.2) is 58.7 Å². The topological polar surface area (TPSA) is 55.4 Å². The molecule has 0 aromatic carbocycles. The lowest BCUT2D eigenvalue weighted by molar-refractivity contribution is 0.200. The SMILES string of the molecule is COCCCSCCNCCS(C)(=O)=O. The number of hydrogen-bond acceptors (Lipinski definition) is 5. The summed E-state index contributed by atoms with van der Waals surface area (Å²) >= 11 is 1.86. The molecule has 6 heteroatoms. The molecule has 0 saturated heterocycles. The molecule has 0 unspecified atom stereocenters. The van der Waals surface area contributed by atoms with Gasteiger partial charge in [0, 0.05) is 38.8 Å². The summed E-state index contributed by atoms with van der Waals surface area (Å²) in [6.07, 6.45) is 2.33. The molecule has 0 aromatic heterocycles. The predicted octanol–water partition coefficient (Wildman–Crippen LogP) is 0.390. The third kappa shape index (κ3) is 14.2. The van der Waals surface area contributed by atoms with Gasteiger partial charge < -0.3 is 10.1 Å². The summed E-state index contributed by atoms with van der Waals surface area (Å²) in [5, 5.41) is 3.10. The van der Waals surface area contributed by atoms with Crippen LogP contribution in [0, 0.1) is 0 Å². The van der Waals surface area contributed by atoms with E-state index in [4.69, 9.17) is 4.74 Å². The highest BCUT2D eigenvalue weighted by molar-refractivity contribution is 7.99. The molecule has 0 bridgehead atoms. The van der Waals surface area contributed by atoms with E-state index in [0.29, 0.717) is 6.54 Å². The van der Waals surface area contributed by atoms with Crippen molar-refractivity contribution in [3.05, 3.63) is 0 Å². The molecule has 1 N–H and O–H groups in total. The molecular formula is C9H21NO3S2. The molecule has 0 aliphatic rings. The highest BCUT2D eigenvalue weighted by atomic mass is 32.2. The van der Waals surface area contributed by atoms with Gasteiger partial charge in [0.05, 0.1) is 5.75 Å². The van der Waals surface area contributed by atoms with Crippen molar-refractivity contribution < 1.29 is 13.2 Å². The van der Waals surface area contributed by atoms with Crippen molar-refractivity contribution in [1.82, 2.24) is 5.32 Å². The predicted molar refractivity (Wildman–Crippen MR) is 66.4 cm³/mol. The Bertz CT molecular complexity index is 230. The van der Waals surface area contributed by atoms with Gasteiger partial charge in [-0.15, -0.1) is 0 Å². The van der Waals surface area contributed by atoms with Crippen molar-refractivity contribution in [3.8, 4) is 0 Å². The van der Waals surface area contributed by atoms with Crippen LogP contribution in [0.1, 0.15) is 6.42 Å². The van der Waals surface area contributed by atoms with Crippen molar-refractivity contribution in [2.24, 2.45) is 0 Å². The molecule has 0 aliphatic heterocycles. The van der Waals surface area contributed by atoms with Crippen LogP contribution in [0.5, 0.6) is 0 Å². The fraction of sp³-hybridized carbons (Fsp3) is 1.00. The van der Waals surface area contributed by atoms with Crippen molar-refractivity contribution in [2.45, 2.75) is 6.42 Å². The van der Waals surface area contributed by atoms with E-state index in [-0.39, 0.29) is 5.75 Å². The average molecular weight is 255 g/mol. The van der Waals surface area contributed by atoms with Crippen molar-refractivity contribution in [2.75, 3.05) is 50.3 Å². The Balaban J connectivity index is 3.06. The zero-order chi connectivity index (χ0) is 11.6. The van der Waals surface area contributed by atoms with Crippen molar-refractivity contribution in [1.29, 1.82) is 0 Å². The molecule has 4 nitrogen and oxygen atoms in total. The van der Waals surface area contributed by atoms with E-state index in [1.807, 2.05) is 11.8 Å². The summed E-state index contributed by atoms with van der Waals surface area (Å²) in [7, 11) is -1.11. The Morgan fingerprint density at radius 3 is 2.60 bits per heavy atom. The molecule has 0 radical (unpaired) electrons. The minimum Gasteiger partial charge on any atom is -0.385 e. The highest BCUT2D eigenvalue weighted by Gasteiger charge is 1.99. The van der Waals surface area contributed by atoms with E-state index in [1.54, 1.807) is 7.11 Å². The maximum Gasteiger partial charge on any atom is 0.148 e. The van der Waals surface area contributed by atoms with E-state index in [0.717, 1.165) is 31.1 Å². The second-order valence-electron chi connectivity index (χ2n) is 3.34. The Hall–Kier alpha value is 0.220. The van der Waals surface area contributed by atoms with Crippen LogP contribution >= 0.6 is 11.8 Å². The fourth-order valence-corrected chi connectivity index (χ4v) is 2.26. The van der Waals surface area contributed by atoms with Crippen LogP contribution in [0.15, 0.2) is 0 Å². The lowest BCUT2D eigenvalue weighted by atomic mass is 10.5. The van der Waals surface area contributed by atoms with E-state index in [9.17, 15) is 8.42 Å². The molecule has 0 aromatic rings. The molecule has 0 saturated carbocycles. The van der Waals surface area contributed by atoms with Crippen molar-refractivity contribution >= 4 is 21.6 Å². The van der Waals surface area contributed by atoms with E-state index < -0.39 is 9.84 Å². The standard InChI is InChI=1S/C9H21NO3S2/c1-13-6-3-7-14-8-4-10-5-9-15(2,11)12/h10H,3-9H2,1-2H3. The largest absolute Gasteiger partial charge is 0.385 e. The Labute approximate surface area is 97.1 Å². The summed E-state index contributed by atoms with van der Waals surface area (Å²) in [6, 6.07) is 0. The molecule has 0 amide bonds.